The van der Waals surface area contributed by atoms with Gasteiger partial charge in [-0.05, 0) is 18.6 Å². The molecular weight excluding hydrogens is 236 g/mol. The molecule has 1 aliphatic rings. The minimum Gasteiger partial charge on any atom is -0.335 e. The maximum Gasteiger partial charge on any atom is 0.224 e. The topological polar surface area (TPSA) is 44.1 Å². The van der Waals surface area contributed by atoms with Crippen molar-refractivity contribution in [1.82, 2.24) is 4.90 Å². The van der Waals surface area contributed by atoms with E-state index in [9.17, 15) is 4.79 Å². The molecule has 17 heavy (non-hydrogen) atoms. The second kappa shape index (κ2) is 4.77. The number of likely N-dealkylation sites (tertiary alicyclic amines) is 1. The Morgan fingerprint density at radius 2 is 2.24 bits per heavy atom. The summed E-state index contributed by atoms with van der Waals surface area (Å²) < 4.78 is 0. The number of hydrogen-bond donors (Lipinski definition) is 0. The third kappa shape index (κ3) is 2.27. The molecule has 1 aromatic carbocycles. The van der Waals surface area contributed by atoms with Gasteiger partial charge in [-0.15, -0.1) is 0 Å². The Bertz CT molecular complexity index is 481. The molecule has 88 valence electrons. The minimum absolute atomic E-state index is 0.0315. The zero-order valence-corrected chi connectivity index (χ0v) is 10.3. The smallest absolute Gasteiger partial charge is 0.224 e. The lowest BCUT2D eigenvalue weighted by molar-refractivity contribution is -0.129. The summed E-state index contributed by atoms with van der Waals surface area (Å²) in [6, 6.07) is 9.57. The van der Waals surface area contributed by atoms with Crippen LogP contribution in [0.15, 0.2) is 24.3 Å². The molecule has 4 heteroatoms. The quantitative estimate of drug-likeness (QED) is 0.808. The van der Waals surface area contributed by atoms with Gasteiger partial charge in [-0.3, -0.25) is 4.79 Å². The summed E-state index contributed by atoms with van der Waals surface area (Å²) in [5.74, 6) is -0.156. The van der Waals surface area contributed by atoms with Crippen molar-refractivity contribution in [2.75, 3.05) is 6.54 Å². The normalized spacial score (nSPS) is 21.4. The second-order valence-corrected chi connectivity index (χ2v) is 4.68. The summed E-state index contributed by atoms with van der Waals surface area (Å²) in [6.45, 7) is 2.45. The monoisotopic (exact) mass is 248 g/mol. The predicted molar refractivity (Wildman–Crippen MR) is 65.3 cm³/mol. The van der Waals surface area contributed by atoms with Crippen molar-refractivity contribution in [2.24, 2.45) is 5.92 Å². The van der Waals surface area contributed by atoms with Crippen molar-refractivity contribution in [3.8, 4) is 6.07 Å². The van der Waals surface area contributed by atoms with Crippen LogP contribution in [0.1, 0.15) is 24.9 Å². The van der Waals surface area contributed by atoms with Crippen molar-refractivity contribution in [2.45, 2.75) is 19.4 Å². The van der Waals surface area contributed by atoms with Gasteiger partial charge in [-0.25, -0.2) is 0 Å². The Kier molecular flexibility index (Phi) is 3.35. The van der Waals surface area contributed by atoms with Gasteiger partial charge in [0.05, 0.1) is 18.0 Å². The largest absolute Gasteiger partial charge is 0.335 e. The van der Waals surface area contributed by atoms with E-state index in [4.69, 9.17) is 16.9 Å². The van der Waals surface area contributed by atoms with E-state index in [2.05, 4.69) is 6.07 Å². The van der Waals surface area contributed by atoms with Gasteiger partial charge in [0.15, 0.2) is 0 Å². The molecule has 0 aromatic heterocycles. The van der Waals surface area contributed by atoms with Gasteiger partial charge in [0.25, 0.3) is 0 Å². The molecule has 1 saturated heterocycles. The van der Waals surface area contributed by atoms with Crippen molar-refractivity contribution in [3.05, 3.63) is 34.9 Å². The zero-order valence-electron chi connectivity index (χ0n) is 9.56. The first-order chi connectivity index (χ1) is 8.13. The fraction of sp³-hybridized carbons (Fsp3) is 0.385. The van der Waals surface area contributed by atoms with Gasteiger partial charge in [0.2, 0.25) is 5.91 Å². The highest BCUT2D eigenvalue weighted by atomic mass is 35.5. The summed E-state index contributed by atoms with van der Waals surface area (Å²) in [5, 5.41) is 9.51. The molecule has 0 spiro atoms. The number of carbonyl (C=O) groups excluding carboxylic acids is 1. The number of nitriles is 1. The van der Waals surface area contributed by atoms with Crippen LogP contribution in [0.5, 0.6) is 0 Å². The van der Waals surface area contributed by atoms with Crippen LogP contribution < -0.4 is 0 Å². The molecule has 0 saturated carbocycles. The Labute approximate surface area is 106 Å². The zero-order chi connectivity index (χ0) is 12.4. The fourth-order valence-corrected chi connectivity index (χ4v) is 2.47. The highest BCUT2D eigenvalue weighted by molar-refractivity contribution is 6.31. The number of rotatable bonds is 2. The van der Waals surface area contributed by atoms with E-state index in [1.54, 1.807) is 4.90 Å². The predicted octanol–water partition coefficient (Wildman–Crippen LogP) is 2.77. The molecule has 1 fully saturated rings. The molecule has 1 aromatic rings. The van der Waals surface area contributed by atoms with Crippen LogP contribution in [0.25, 0.3) is 0 Å². The minimum atomic E-state index is -0.188. The number of halogens is 1. The van der Waals surface area contributed by atoms with Crippen LogP contribution in [0.2, 0.25) is 5.02 Å². The first-order valence-corrected chi connectivity index (χ1v) is 5.94. The van der Waals surface area contributed by atoms with Gasteiger partial charge >= 0.3 is 0 Å². The van der Waals surface area contributed by atoms with Crippen LogP contribution in [0, 0.1) is 17.2 Å². The third-order valence-corrected chi connectivity index (χ3v) is 3.51. The standard InChI is InChI=1S/C13H13ClN2O/c1-9(11-4-2-3-5-12(11)14)16-8-10(7-15)6-13(16)17/h2-5,9-10H,6,8H2,1H3. The number of hydrogen-bond acceptors (Lipinski definition) is 2. The molecule has 2 rings (SSSR count). The SMILES string of the molecule is CC(c1ccccc1Cl)N1CC(C#N)CC1=O. The second-order valence-electron chi connectivity index (χ2n) is 4.27. The van der Waals surface area contributed by atoms with E-state index in [1.807, 2.05) is 31.2 Å². The van der Waals surface area contributed by atoms with E-state index in [-0.39, 0.29) is 17.9 Å². The Morgan fingerprint density at radius 3 is 2.82 bits per heavy atom. The molecule has 0 N–H and O–H groups in total. The van der Waals surface area contributed by atoms with Crippen LogP contribution in [0.4, 0.5) is 0 Å². The van der Waals surface area contributed by atoms with Crippen molar-refractivity contribution in [3.63, 3.8) is 0 Å². The first-order valence-electron chi connectivity index (χ1n) is 5.57. The lowest BCUT2D eigenvalue weighted by Crippen LogP contribution is -2.28. The molecule has 2 unspecified atom stereocenters. The lowest BCUT2D eigenvalue weighted by atomic mass is 10.1. The van der Waals surface area contributed by atoms with Gasteiger partial charge in [0.1, 0.15) is 0 Å². The maximum atomic E-state index is 11.8. The summed E-state index contributed by atoms with van der Waals surface area (Å²) in [7, 11) is 0. The van der Waals surface area contributed by atoms with Gasteiger partial charge in [0, 0.05) is 18.0 Å². The lowest BCUT2D eigenvalue weighted by Gasteiger charge is -2.25. The first kappa shape index (κ1) is 11.9. The van der Waals surface area contributed by atoms with E-state index < -0.39 is 0 Å². The van der Waals surface area contributed by atoms with Crippen LogP contribution in [-0.4, -0.2) is 17.4 Å². The van der Waals surface area contributed by atoms with Crippen LogP contribution >= 0.6 is 11.6 Å². The molecule has 1 amide bonds. The number of benzene rings is 1. The number of carbonyl (C=O) groups is 1. The average Bonchev–Trinajstić information content (AvgIpc) is 2.70. The highest BCUT2D eigenvalue weighted by Gasteiger charge is 2.33. The van der Waals surface area contributed by atoms with Crippen molar-refractivity contribution >= 4 is 17.5 Å². The van der Waals surface area contributed by atoms with E-state index in [0.29, 0.717) is 18.0 Å². The van der Waals surface area contributed by atoms with Gasteiger partial charge < -0.3 is 4.90 Å². The summed E-state index contributed by atoms with van der Waals surface area (Å²) in [5.41, 5.74) is 0.932. The van der Waals surface area contributed by atoms with E-state index >= 15 is 0 Å². The van der Waals surface area contributed by atoms with Crippen LogP contribution in [0.3, 0.4) is 0 Å². The number of amides is 1. The molecule has 2 atom stereocenters. The Balaban J connectivity index is 2.22. The summed E-state index contributed by atoms with van der Waals surface area (Å²) in [4.78, 5) is 13.5. The van der Waals surface area contributed by atoms with Crippen LogP contribution in [-0.2, 0) is 4.79 Å². The molecule has 1 aliphatic heterocycles. The summed E-state index contributed by atoms with van der Waals surface area (Å²) >= 11 is 6.11. The van der Waals surface area contributed by atoms with E-state index in [0.717, 1.165) is 5.56 Å². The Hall–Kier alpha value is -1.53. The molecule has 0 aliphatic carbocycles. The highest BCUT2D eigenvalue weighted by Crippen LogP contribution is 2.31. The van der Waals surface area contributed by atoms with Gasteiger partial charge in [-0.2, -0.15) is 5.26 Å². The van der Waals surface area contributed by atoms with Crippen molar-refractivity contribution < 1.29 is 4.79 Å². The Morgan fingerprint density at radius 1 is 1.53 bits per heavy atom. The molecule has 3 nitrogen and oxygen atoms in total. The molecule has 1 heterocycles. The van der Waals surface area contributed by atoms with Crippen molar-refractivity contribution in [1.29, 1.82) is 5.26 Å². The number of nitrogens with zero attached hydrogens (tertiary/aromatic N) is 2. The fourth-order valence-electron chi connectivity index (χ4n) is 2.17. The van der Waals surface area contributed by atoms with Gasteiger partial charge in [-0.1, -0.05) is 29.8 Å². The maximum absolute atomic E-state index is 11.8. The molecule has 0 bridgehead atoms. The third-order valence-electron chi connectivity index (χ3n) is 3.16. The average molecular weight is 249 g/mol. The molecule has 0 radical (unpaired) electrons. The summed E-state index contributed by atoms with van der Waals surface area (Å²) in [6.07, 6.45) is 0.325. The molecular formula is C13H13ClN2O. The van der Waals surface area contributed by atoms with E-state index in [1.165, 1.54) is 0 Å².